The molecule has 0 saturated heterocycles. The molecule has 2 atom stereocenters. The number of carbonyl (C=O) groups excluding carboxylic acids is 1. The van der Waals surface area contributed by atoms with Crippen molar-refractivity contribution in [2.24, 2.45) is 11.8 Å². The molecule has 2 N–H and O–H groups in total. The van der Waals surface area contributed by atoms with Gasteiger partial charge in [-0.15, -0.1) is 0 Å². The van der Waals surface area contributed by atoms with Gasteiger partial charge < -0.3 is 19.9 Å². The van der Waals surface area contributed by atoms with E-state index in [1.165, 1.54) is 0 Å². The molecule has 1 aromatic rings. The Balaban J connectivity index is 2.03. The number of hydrogen-bond acceptors (Lipinski definition) is 4. The van der Waals surface area contributed by atoms with E-state index in [4.69, 9.17) is 14.6 Å². The van der Waals surface area contributed by atoms with Crippen molar-refractivity contribution in [3.63, 3.8) is 0 Å². The van der Waals surface area contributed by atoms with Crippen LogP contribution in [-0.4, -0.2) is 30.7 Å². The minimum Gasteiger partial charge on any atom is -0.493 e. The van der Waals surface area contributed by atoms with Crippen LogP contribution in [0.5, 0.6) is 11.5 Å². The van der Waals surface area contributed by atoms with Gasteiger partial charge in [-0.25, -0.2) is 0 Å². The number of aliphatic carboxylic acids is 1. The summed E-state index contributed by atoms with van der Waals surface area (Å²) in [6, 6.07) is 5.21. The van der Waals surface area contributed by atoms with Crippen LogP contribution in [0.25, 0.3) is 0 Å². The first kappa shape index (κ1) is 17.1. The van der Waals surface area contributed by atoms with Crippen molar-refractivity contribution in [3.05, 3.63) is 18.2 Å². The average Bonchev–Trinajstić information content (AvgIpc) is 2.56. The van der Waals surface area contributed by atoms with E-state index in [0.717, 1.165) is 12.8 Å². The fourth-order valence-electron chi connectivity index (χ4n) is 2.92. The number of carboxylic acids is 1. The van der Waals surface area contributed by atoms with Crippen LogP contribution >= 0.6 is 0 Å². The topological polar surface area (TPSA) is 84.9 Å². The maximum absolute atomic E-state index is 12.4. The Morgan fingerprint density at radius 3 is 2.65 bits per heavy atom. The number of benzene rings is 1. The van der Waals surface area contributed by atoms with E-state index in [9.17, 15) is 9.59 Å². The Hall–Kier alpha value is -2.24. The smallest absolute Gasteiger partial charge is 0.306 e. The maximum Gasteiger partial charge on any atom is 0.306 e. The van der Waals surface area contributed by atoms with Gasteiger partial charge in [0.2, 0.25) is 5.91 Å². The highest BCUT2D eigenvalue weighted by atomic mass is 16.5. The van der Waals surface area contributed by atoms with E-state index in [2.05, 4.69) is 5.32 Å². The van der Waals surface area contributed by atoms with Crippen molar-refractivity contribution in [2.75, 3.05) is 19.0 Å². The molecule has 1 fully saturated rings. The Labute approximate surface area is 135 Å². The van der Waals surface area contributed by atoms with Gasteiger partial charge in [0, 0.05) is 17.7 Å². The molecular formula is C17H23NO5. The number of nitrogens with one attached hydrogen (secondary N) is 1. The largest absolute Gasteiger partial charge is 0.493 e. The van der Waals surface area contributed by atoms with Gasteiger partial charge >= 0.3 is 5.97 Å². The van der Waals surface area contributed by atoms with Crippen LogP contribution in [0.4, 0.5) is 5.69 Å². The third kappa shape index (κ3) is 4.37. The number of hydrogen-bond donors (Lipinski definition) is 2. The first-order valence-corrected chi connectivity index (χ1v) is 7.89. The molecule has 2 unspecified atom stereocenters. The van der Waals surface area contributed by atoms with Crippen LogP contribution in [0.1, 0.15) is 32.6 Å². The Morgan fingerprint density at radius 2 is 2.00 bits per heavy atom. The van der Waals surface area contributed by atoms with Gasteiger partial charge in [-0.2, -0.15) is 0 Å². The third-order valence-electron chi connectivity index (χ3n) is 4.13. The summed E-state index contributed by atoms with van der Waals surface area (Å²) in [6.45, 7) is 2.41. The predicted molar refractivity (Wildman–Crippen MR) is 85.9 cm³/mol. The molecule has 2 rings (SSSR count). The van der Waals surface area contributed by atoms with Crippen molar-refractivity contribution < 1.29 is 24.2 Å². The Morgan fingerprint density at radius 1 is 1.26 bits per heavy atom. The van der Waals surface area contributed by atoms with E-state index >= 15 is 0 Å². The molecular weight excluding hydrogens is 298 g/mol. The highest BCUT2D eigenvalue weighted by molar-refractivity contribution is 5.93. The summed E-state index contributed by atoms with van der Waals surface area (Å²) in [5, 5.41) is 12.0. The molecule has 0 bridgehead atoms. The zero-order valence-electron chi connectivity index (χ0n) is 13.5. The number of ether oxygens (including phenoxy) is 2. The van der Waals surface area contributed by atoms with E-state index in [1.807, 2.05) is 6.92 Å². The third-order valence-corrected chi connectivity index (χ3v) is 4.13. The molecule has 0 spiro atoms. The zero-order valence-corrected chi connectivity index (χ0v) is 13.5. The standard InChI is InChI=1S/C17H23NO5/c1-3-23-14-8-7-13(10-15(14)22-2)18-16(19)11-5-4-6-12(9-11)17(20)21/h7-8,10-12H,3-6,9H2,1-2H3,(H,18,19)(H,20,21). The minimum absolute atomic E-state index is 0.137. The average molecular weight is 321 g/mol. The number of anilines is 1. The van der Waals surface area contributed by atoms with Gasteiger partial charge in [0.05, 0.1) is 19.6 Å². The number of carboxylic acid groups (broad SMARTS) is 1. The van der Waals surface area contributed by atoms with Crippen molar-refractivity contribution in [2.45, 2.75) is 32.6 Å². The van der Waals surface area contributed by atoms with Gasteiger partial charge in [-0.1, -0.05) is 6.42 Å². The molecule has 0 aromatic heterocycles. The minimum atomic E-state index is -0.815. The first-order chi connectivity index (χ1) is 11.0. The molecule has 0 radical (unpaired) electrons. The summed E-state index contributed by atoms with van der Waals surface area (Å²) >= 11 is 0. The van der Waals surface area contributed by atoms with Gasteiger partial charge in [0.1, 0.15) is 0 Å². The highest BCUT2D eigenvalue weighted by Gasteiger charge is 2.31. The monoisotopic (exact) mass is 321 g/mol. The molecule has 23 heavy (non-hydrogen) atoms. The summed E-state index contributed by atoms with van der Waals surface area (Å²) in [5.41, 5.74) is 0.618. The first-order valence-electron chi connectivity index (χ1n) is 7.89. The van der Waals surface area contributed by atoms with Crippen LogP contribution < -0.4 is 14.8 Å². The van der Waals surface area contributed by atoms with Crippen molar-refractivity contribution in [3.8, 4) is 11.5 Å². The second kappa shape index (κ2) is 7.85. The highest BCUT2D eigenvalue weighted by Crippen LogP contribution is 2.32. The molecule has 1 aromatic carbocycles. The lowest BCUT2D eigenvalue weighted by atomic mass is 9.81. The van der Waals surface area contributed by atoms with Crippen LogP contribution in [0.15, 0.2) is 18.2 Å². The Bertz CT molecular complexity index is 572. The SMILES string of the molecule is CCOc1ccc(NC(=O)C2CCCC(C(=O)O)C2)cc1OC. The summed E-state index contributed by atoms with van der Waals surface area (Å²) in [4.78, 5) is 23.5. The summed E-state index contributed by atoms with van der Waals surface area (Å²) in [6.07, 6.45) is 2.54. The van der Waals surface area contributed by atoms with Crippen molar-refractivity contribution >= 4 is 17.6 Å². The quantitative estimate of drug-likeness (QED) is 0.841. The number of carbonyl (C=O) groups is 2. The molecule has 1 saturated carbocycles. The van der Waals surface area contributed by atoms with Crippen molar-refractivity contribution in [1.29, 1.82) is 0 Å². The molecule has 126 valence electrons. The van der Waals surface area contributed by atoms with Crippen LogP contribution in [0, 0.1) is 11.8 Å². The Kier molecular flexibility index (Phi) is 5.84. The second-order valence-electron chi connectivity index (χ2n) is 5.69. The van der Waals surface area contributed by atoms with E-state index in [-0.39, 0.29) is 11.8 Å². The lowest BCUT2D eigenvalue weighted by Crippen LogP contribution is -2.30. The molecule has 1 aliphatic rings. The second-order valence-corrected chi connectivity index (χ2v) is 5.69. The van der Waals surface area contributed by atoms with Crippen LogP contribution in [0.2, 0.25) is 0 Å². The number of amides is 1. The van der Waals surface area contributed by atoms with Gasteiger partial charge in [0.25, 0.3) is 0 Å². The lowest BCUT2D eigenvalue weighted by molar-refractivity contribution is -0.143. The fourth-order valence-corrected chi connectivity index (χ4v) is 2.92. The van der Waals surface area contributed by atoms with Gasteiger partial charge in [-0.3, -0.25) is 9.59 Å². The van der Waals surface area contributed by atoms with E-state index in [0.29, 0.717) is 36.6 Å². The lowest BCUT2D eigenvalue weighted by Gasteiger charge is -2.25. The van der Waals surface area contributed by atoms with E-state index < -0.39 is 11.9 Å². The summed E-state index contributed by atoms with van der Waals surface area (Å²) < 4.78 is 10.7. The van der Waals surface area contributed by atoms with E-state index in [1.54, 1.807) is 25.3 Å². The molecule has 0 heterocycles. The van der Waals surface area contributed by atoms with Gasteiger partial charge in [-0.05, 0) is 38.3 Å². The number of rotatable bonds is 6. The molecule has 1 amide bonds. The number of methoxy groups -OCH3 is 1. The normalized spacial score (nSPS) is 20.6. The maximum atomic E-state index is 12.4. The van der Waals surface area contributed by atoms with Gasteiger partial charge in [0.15, 0.2) is 11.5 Å². The molecule has 6 nitrogen and oxygen atoms in total. The molecule has 6 heteroatoms. The zero-order chi connectivity index (χ0) is 16.8. The van der Waals surface area contributed by atoms with Crippen molar-refractivity contribution in [1.82, 2.24) is 0 Å². The molecule has 1 aliphatic carbocycles. The van der Waals surface area contributed by atoms with Crippen LogP contribution in [0.3, 0.4) is 0 Å². The summed E-state index contributed by atoms with van der Waals surface area (Å²) in [7, 11) is 1.54. The van der Waals surface area contributed by atoms with Crippen LogP contribution in [-0.2, 0) is 9.59 Å². The summed E-state index contributed by atoms with van der Waals surface area (Å²) in [5.74, 6) is -0.461. The fraction of sp³-hybridized carbons (Fsp3) is 0.529. The predicted octanol–water partition coefficient (Wildman–Crippen LogP) is 2.92. The molecule has 0 aliphatic heterocycles.